The minimum atomic E-state index is -0.156. The van der Waals surface area contributed by atoms with E-state index in [2.05, 4.69) is 67.8 Å². The standard InChI is InChI=1S/C41H50N8O9/c50-36(14-20-54-23-24-55-21-15-42-32-9-10-33(45-53)40-39(32)46-58-47-40)43-16-22-56-31-8-4-7-30(25-31)38(28-5-2-1-3-6-28)29-11-17-48(18-12-29)41(52)49-19-13-35-34(26-49)44-37(51)27-57-35/h1-10,25,29,34-35,38,42H,11-24,26-27H2,(H,43,50)(H,44,51)/t34-,35+,38-/m1/s1. The summed E-state index contributed by atoms with van der Waals surface area (Å²) < 4.78 is 27.6. The maximum absolute atomic E-state index is 13.6. The molecule has 4 amide bonds. The number of nitrogens with zero attached hydrogens (tertiary/aromatic N) is 5. The Morgan fingerprint density at radius 2 is 1.64 bits per heavy atom. The molecule has 4 heterocycles. The fourth-order valence-corrected chi connectivity index (χ4v) is 7.95. The summed E-state index contributed by atoms with van der Waals surface area (Å²) in [5, 5.41) is 19.5. The number of benzene rings is 3. The van der Waals surface area contributed by atoms with Crippen molar-refractivity contribution in [2.45, 2.75) is 43.7 Å². The molecule has 58 heavy (non-hydrogen) atoms. The van der Waals surface area contributed by atoms with Gasteiger partial charge in [0.1, 0.15) is 24.7 Å². The van der Waals surface area contributed by atoms with Crippen LogP contribution >= 0.6 is 0 Å². The Hall–Kier alpha value is -5.65. The van der Waals surface area contributed by atoms with Gasteiger partial charge in [0.05, 0.1) is 50.8 Å². The Bertz CT molecular complexity index is 1990. The summed E-state index contributed by atoms with van der Waals surface area (Å²) in [5.74, 6) is 0.936. The molecule has 4 aromatic rings. The summed E-state index contributed by atoms with van der Waals surface area (Å²) in [6, 6.07) is 21.7. The number of nitrogens with one attached hydrogen (secondary N) is 3. The van der Waals surface area contributed by atoms with Crippen molar-refractivity contribution in [2.24, 2.45) is 11.1 Å². The van der Waals surface area contributed by atoms with Gasteiger partial charge in [0.2, 0.25) is 11.8 Å². The molecule has 17 nitrogen and oxygen atoms in total. The lowest BCUT2D eigenvalue weighted by Gasteiger charge is -2.44. The summed E-state index contributed by atoms with van der Waals surface area (Å²) in [6.45, 7) is 5.08. The van der Waals surface area contributed by atoms with Gasteiger partial charge in [-0.15, -0.1) is 4.91 Å². The van der Waals surface area contributed by atoms with Crippen LogP contribution in [0.5, 0.6) is 5.75 Å². The molecule has 7 rings (SSSR count). The molecule has 3 aromatic carbocycles. The Labute approximate surface area is 336 Å². The zero-order valence-electron chi connectivity index (χ0n) is 32.4. The van der Waals surface area contributed by atoms with Crippen molar-refractivity contribution in [2.75, 3.05) is 84.2 Å². The highest BCUT2D eigenvalue weighted by molar-refractivity contribution is 5.94. The van der Waals surface area contributed by atoms with Crippen LogP contribution in [-0.4, -0.2) is 129 Å². The fourth-order valence-electron chi connectivity index (χ4n) is 7.95. The van der Waals surface area contributed by atoms with Gasteiger partial charge in [0.25, 0.3) is 0 Å². The van der Waals surface area contributed by atoms with Gasteiger partial charge in [0.15, 0.2) is 11.0 Å². The van der Waals surface area contributed by atoms with E-state index in [9.17, 15) is 19.3 Å². The number of nitroso groups, excluding NO2 is 1. The number of aromatic nitrogens is 2. The van der Waals surface area contributed by atoms with E-state index >= 15 is 0 Å². The number of rotatable bonds is 18. The Morgan fingerprint density at radius 1 is 0.862 bits per heavy atom. The van der Waals surface area contributed by atoms with Gasteiger partial charge in [-0.1, -0.05) is 42.5 Å². The topological polar surface area (TPSA) is 199 Å². The van der Waals surface area contributed by atoms with Crippen LogP contribution in [0.1, 0.15) is 42.7 Å². The van der Waals surface area contributed by atoms with Crippen molar-refractivity contribution in [3.8, 4) is 5.75 Å². The molecule has 3 saturated heterocycles. The van der Waals surface area contributed by atoms with E-state index < -0.39 is 0 Å². The van der Waals surface area contributed by atoms with Crippen molar-refractivity contribution in [3.63, 3.8) is 0 Å². The third kappa shape index (κ3) is 10.4. The van der Waals surface area contributed by atoms with Crippen molar-refractivity contribution < 1.29 is 38.0 Å². The van der Waals surface area contributed by atoms with Gasteiger partial charge in [-0.3, -0.25) is 9.59 Å². The van der Waals surface area contributed by atoms with E-state index in [0.717, 1.165) is 30.6 Å². The van der Waals surface area contributed by atoms with Crippen LogP contribution in [0.4, 0.5) is 16.2 Å². The summed E-state index contributed by atoms with van der Waals surface area (Å²) >= 11 is 0. The molecule has 3 atom stereocenters. The molecular weight excluding hydrogens is 748 g/mol. The number of hydrogen-bond acceptors (Lipinski definition) is 13. The number of ether oxygens (including phenoxy) is 4. The smallest absolute Gasteiger partial charge is 0.320 e. The van der Waals surface area contributed by atoms with E-state index in [1.807, 2.05) is 28.0 Å². The number of carbonyl (C=O) groups is 3. The molecule has 3 aliphatic heterocycles. The number of morpholine rings is 1. The van der Waals surface area contributed by atoms with E-state index in [1.54, 1.807) is 12.1 Å². The van der Waals surface area contributed by atoms with Crippen molar-refractivity contribution in [1.29, 1.82) is 0 Å². The first kappa shape index (κ1) is 40.5. The molecule has 1 aromatic heterocycles. The molecule has 3 aliphatic rings. The predicted molar refractivity (Wildman–Crippen MR) is 213 cm³/mol. The van der Waals surface area contributed by atoms with Crippen molar-refractivity contribution in [1.82, 2.24) is 30.7 Å². The molecule has 0 radical (unpaired) electrons. The lowest BCUT2D eigenvalue weighted by atomic mass is 9.76. The third-order valence-electron chi connectivity index (χ3n) is 10.8. The number of fused-ring (bicyclic) bond motifs is 2. The second kappa shape index (κ2) is 20.2. The largest absolute Gasteiger partial charge is 0.492 e. The monoisotopic (exact) mass is 798 g/mol. The highest BCUT2D eigenvalue weighted by Gasteiger charge is 2.39. The molecule has 308 valence electrons. The van der Waals surface area contributed by atoms with Crippen LogP contribution in [0, 0.1) is 10.8 Å². The number of piperidine rings is 2. The number of urea groups is 1. The minimum absolute atomic E-state index is 0.0300. The van der Waals surface area contributed by atoms with Gasteiger partial charge in [-0.05, 0) is 76.1 Å². The molecule has 17 heteroatoms. The van der Waals surface area contributed by atoms with Crippen LogP contribution in [-0.2, 0) is 23.8 Å². The number of amides is 4. The number of likely N-dealkylation sites (tertiary alicyclic amines) is 2. The average molecular weight is 799 g/mol. The van der Waals surface area contributed by atoms with E-state index in [-0.39, 0.29) is 61.2 Å². The van der Waals surface area contributed by atoms with E-state index in [0.29, 0.717) is 88.3 Å². The first-order valence-electron chi connectivity index (χ1n) is 19.9. The average Bonchev–Trinajstić information content (AvgIpc) is 3.76. The Balaban J connectivity index is 0.793. The Kier molecular flexibility index (Phi) is 14.1. The van der Waals surface area contributed by atoms with Gasteiger partial charge in [-0.25, -0.2) is 9.42 Å². The lowest BCUT2D eigenvalue weighted by Crippen LogP contribution is -2.62. The fraction of sp³-hybridized carbons (Fsp3) is 0.488. The maximum atomic E-state index is 13.6. The zero-order chi connectivity index (χ0) is 40.1. The van der Waals surface area contributed by atoms with Gasteiger partial charge >= 0.3 is 6.03 Å². The molecule has 0 bridgehead atoms. The molecule has 0 unspecified atom stereocenters. The van der Waals surface area contributed by atoms with Crippen molar-refractivity contribution >= 4 is 40.3 Å². The molecule has 3 fully saturated rings. The molecular formula is C41H50N8O9. The molecule has 0 aliphatic carbocycles. The summed E-state index contributed by atoms with van der Waals surface area (Å²) in [6.07, 6.45) is 2.63. The van der Waals surface area contributed by atoms with Crippen LogP contribution in [0.25, 0.3) is 11.0 Å². The molecule has 3 N–H and O–H groups in total. The minimum Gasteiger partial charge on any atom is -0.492 e. The van der Waals surface area contributed by atoms with Gasteiger partial charge in [-0.2, -0.15) is 0 Å². The van der Waals surface area contributed by atoms with E-state index in [4.69, 9.17) is 23.6 Å². The van der Waals surface area contributed by atoms with Crippen molar-refractivity contribution in [3.05, 3.63) is 82.8 Å². The normalized spacial score (nSPS) is 18.9. The quantitative estimate of drug-likeness (QED) is 0.0959. The predicted octanol–water partition coefficient (Wildman–Crippen LogP) is 4.20. The Morgan fingerprint density at radius 3 is 2.47 bits per heavy atom. The highest BCUT2D eigenvalue weighted by Crippen LogP contribution is 2.39. The zero-order valence-corrected chi connectivity index (χ0v) is 32.4. The van der Waals surface area contributed by atoms with Crippen LogP contribution in [0.3, 0.4) is 0 Å². The maximum Gasteiger partial charge on any atom is 0.320 e. The lowest BCUT2D eigenvalue weighted by molar-refractivity contribution is -0.139. The second-order valence-corrected chi connectivity index (χ2v) is 14.6. The second-order valence-electron chi connectivity index (χ2n) is 14.6. The molecule has 0 saturated carbocycles. The van der Waals surface area contributed by atoms with Gasteiger partial charge in [0, 0.05) is 45.1 Å². The first-order valence-corrected chi connectivity index (χ1v) is 19.9. The SMILES string of the molecule is O=Nc1ccc(NCCOCCOCCC(=O)NCCOc2cccc([C@H](c3ccccc3)C3CCN(C(=O)N4CC[C@@H]5OCC(=O)N[C@@H]5C4)CC3)c2)c2nonc12. The number of anilines is 1. The molecule has 0 spiro atoms. The number of carbonyl (C=O) groups excluding carboxylic acids is 3. The number of hydrogen-bond donors (Lipinski definition) is 3. The summed E-state index contributed by atoms with van der Waals surface area (Å²) in [4.78, 5) is 52.5. The van der Waals surface area contributed by atoms with Crippen LogP contribution < -0.4 is 20.7 Å². The van der Waals surface area contributed by atoms with Gasteiger partial charge < -0.3 is 44.7 Å². The van der Waals surface area contributed by atoms with Crippen LogP contribution in [0.2, 0.25) is 0 Å². The summed E-state index contributed by atoms with van der Waals surface area (Å²) in [5.41, 5.74) is 3.92. The van der Waals surface area contributed by atoms with E-state index in [1.165, 1.54) is 5.56 Å². The summed E-state index contributed by atoms with van der Waals surface area (Å²) in [7, 11) is 0. The third-order valence-corrected chi connectivity index (χ3v) is 10.8. The first-order chi connectivity index (χ1) is 28.5. The van der Waals surface area contributed by atoms with Crippen LogP contribution in [0.15, 0.2) is 76.5 Å². The highest BCUT2D eigenvalue weighted by atomic mass is 16.6.